The van der Waals surface area contributed by atoms with Crippen LogP contribution in [0.4, 0.5) is 10.1 Å². The van der Waals surface area contributed by atoms with E-state index >= 15 is 0 Å². The Labute approximate surface area is 163 Å². The number of amides is 1. The Bertz CT molecular complexity index is 1060. The Morgan fingerprint density at radius 2 is 2.00 bits per heavy atom. The van der Waals surface area contributed by atoms with E-state index in [0.717, 1.165) is 0 Å². The van der Waals surface area contributed by atoms with Crippen molar-refractivity contribution in [1.82, 2.24) is 0 Å². The number of sulfonamides is 1. The van der Waals surface area contributed by atoms with Crippen molar-refractivity contribution in [2.24, 2.45) is 10.1 Å². The second-order valence-corrected chi connectivity index (χ2v) is 7.39. The molecule has 0 spiro atoms. The van der Waals surface area contributed by atoms with Gasteiger partial charge >= 0.3 is 0 Å². The first-order valence-electron chi connectivity index (χ1n) is 8.20. The molecule has 2 aromatic carbocycles. The van der Waals surface area contributed by atoms with Crippen molar-refractivity contribution in [3.8, 4) is 0 Å². The molecule has 0 aromatic heterocycles. The quantitative estimate of drug-likeness (QED) is 0.551. The fourth-order valence-corrected chi connectivity index (χ4v) is 3.25. The second kappa shape index (κ2) is 9.20. The molecule has 0 saturated carbocycles. The average molecular weight is 401 g/mol. The van der Waals surface area contributed by atoms with Crippen molar-refractivity contribution in [2.75, 3.05) is 12.4 Å². The zero-order chi connectivity index (χ0) is 20.7. The zero-order valence-corrected chi connectivity index (χ0v) is 16.0. The number of allylic oxidation sites excluding steroid dienone is 3. The van der Waals surface area contributed by atoms with Crippen molar-refractivity contribution >= 4 is 33.4 Å². The van der Waals surface area contributed by atoms with Gasteiger partial charge in [-0.2, -0.15) is 0 Å². The summed E-state index contributed by atoms with van der Waals surface area (Å²) in [6, 6.07) is 10.2. The molecule has 8 heteroatoms. The lowest BCUT2D eigenvalue weighted by Crippen LogP contribution is -2.17. The van der Waals surface area contributed by atoms with Gasteiger partial charge in [0.25, 0.3) is 0 Å². The van der Waals surface area contributed by atoms with E-state index in [4.69, 9.17) is 5.14 Å². The van der Waals surface area contributed by atoms with E-state index in [0.29, 0.717) is 11.1 Å². The number of primary sulfonamides is 1. The third-order valence-electron chi connectivity index (χ3n) is 3.76. The fourth-order valence-electron chi connectivity index (χ4n) is 2.46. The van der Waals surface area contributed by atoms with Gasteiger partial charge in [-0.3, -0.25) is 9.79 Å². The van der Waals surface area contributed by atoms with Crippen LogP contribution in [0.2, 0.25) is 0 Å². The molecule has 1 amide bonds. The maximum Gasteiger partial charge on any atom is 0.238 e. The third-order valence-corrected chi connectivity index (χ3v) is 4.71. The number of hydrogen-bond donors (Lipinski definition) is 2. The summed E-state index contributed by atoms with van der Waals surface area (Å²) in [4.78, 5) is 15.8. The second-order valence-electron chi connectivity index (χ2n) is 5.86. The molecule has 0 atom stereocenters. The number of nitrogens with one attached hydrogen (secondary N) is 1. The summed E-state index contributed by atoms with van der Waals surface area (Å²) < 4.78 is 37.6. The van der Waals surface area contributed by atoms with Gasteiger partial charge in [0.2, 0.25) is 15.9 Å². The van der Waals surface area contributed by atoms with Crippen LogP contribution in [0.1, 0.15) is 11.1 Å². The van der Waals surface area contributed by atoms with Gasteiger partial charge in [0.05, 0.1) is 11.3 Å². The van der Waals surface area contributed by atoms with E-state index in [1.54, 1.807) is 25.3 Å². The monoisotopic (exact) mass is 401 g/mol. The Balaban J connectivity index is 2.28. The number of benzene rings is 2. The van der Waals surface area contributed by atoms with E-state index in [-0.39, 0.29) is 22.6 Å². The topological polar surface area (TPSA) is 102 Å². The Hall–Kier alpha value is -3.10. The lowest BCUT2D eigenvalue weighted by atomic mass is 10.1. The minimum atomic E-state index is -4.07. The van der Waals surface area contributed by atoms with Crippen LogP contribution < -0.4 is 10.5 Å². The van der Waals surface area contributed by atoms with E-state index < -0.39 is 21.7 Å². The highest BCUT2D eigenvalue weighted by atomic mass is 32.2. The molecule has 28 heavy (non-hydrogen) atoms. The van der Waals surface area contributed by atoms with Crippen molar-refractivity contribution in [1.29, 1.82) is 0 Å². The van der Waals surface area contributed by atoms with Crippen LogP contribution in [0.15, 0.2) is 71.1 Å². The number of aliphatic imine (C=N–C) groups is 1. The number of anilines is 1. The van der Waals surface area contributed by atoms with Crippen LogP contribution in [-0.2, 0) is 21.2 Å². The van der Waals surface area contributed by atoms with Crippen molar-refractivity contribution < 1.29 is 17.6 Å². The normalized spacial score (nSPS) is 11.8. The maximum absolute atomic E-state index is 13.7. The van der Waals surface area contributed by atoms with Crippen LogP contribution in [0.3, 0.4) is 0 Å². The van der Waals surface area contributed by atoms with Crippen LogP contribution in [-0.4, -0.2) is 27.6 Å². The highest BCUT2D eigenvalue weighted by Crippen LogP contribution is 2.26. The predicted octanol–water partition coefficient (Wildman–Crippen LogP) is 2.92. The lowest BCUT2D eigenvalue weighted by molar-refractivity contribution is -0.115. The molecule has 3 N–H and O–H groups in total. The predicted molar refractivity (Wildman–Crippen MR) is 109 cm³/mol. The van der Waals surface area contributed by atoms with Crippen LogP contribution in [0.5, 0.6) is 0 Å². The molecule has 0 radical (unpaired) electrons. The molecule has 0 unspecified atom stereocenters. The molecule has 6 nitrogen and oxygen atoms in total. The standard InChI is InChI=1S/C20H20FN3O3S/c1-14(6-5-11-23-2)17-10-9-16(13-19(17)28(22,26)27)24-20(25)12-15-7-3-4-8-18(15)21/h3-11,13H,1,12H2,2H3,(H,24,25)(H2,22,26,27)/b6-5-,23-11-. The summed E-state index contributed by atoms with van der Waals surface area (Å²) in [7, 11) is -2.47. The van der Waals surface area contributed by atoms with E-state index in [2.05, 4.69) is 16.9 Å². The Morgan fingerprint density at radius 3 is 2.64 bits per heavy atom. The molecule has 0 bridgehead atoms. The zero-order valence-electron chi connectivity index (χ0n) is 15.2. The summed E-state index contributed by atoms with van der Waals surface area (Å²) >= 11 is 0. The summed E-state index contributed by atoms with van der Waals surface area (Å²) in [5.74, 6) is -0.979. The van der Waals surface area contributed by atoms with Crippen molar-refractivity contribution in [2.45, 2.75) is 11.3 Å². The highest BCUT2D eigenvalue weighted by Gasteiger charge is 2.17. The average Bonchev–Trinajstić information content (AvgIpc) is 2.63. The van der Waals surface area contributed by atoms with Crippen LogP contribution in [0, 0.1) is 5.82 Å². The first kappa shape index (κ1) is 21.2. The summed E-state index contributed by atoms with van der Waals surface area (Å²) in [6.07, 6.45) is 4.54. The molecule has 0 heterocycles. The number of rotatable bonds is 7. The Kier molecular flexibility index (Phi) is 6.97. The van der Waals surface area contributed by atoms with Crippen LogP contribution in [0.25, 0.3) is 5.57 Å². The number of hydrogen-bond acceptors (Lipinski definition) is 4. The van der Waals surface area contributed by atoms with Crippen molar-refractivity contribution in [3.63, 3.8) is 0 Å². The summed E-state index contributed by atoms with van der Waals surface area (Å²) in [5.41, 5.74) is 1.17. The van der Waals surface area contributed by atoms with E-state index in [9.17, 15) is 17.6 Å². The molecule has 2 aromatic rings. The molecule has 2 rings (SSSR count). The first-order valence-corrected chi connectivity index (χ1v) is 9.75. The molecule has 0 fully saturated rings. The smallest absolute Gasteiger partial charge is 0.238 e. The molecule has 146 valence electrons. The SMILES string of the molecule is C=C(/C=C\C=N/C)c1ccc(NC(=O)Cc2ccccc2F)cc1S(N)(=O)=O. The maximum atomic E-state index is 13.7. The number of nitrogens with two attached hydrogens (primary N) is 1. The number of nitrogens with zero attached hydrogens (tertiary/aromatic N) is 1. The molecular weight excluding hydrogens is 381 g/mol. The van der Waals surface area contributed by atoms with E-state index in [1.165, 1.54) is 42.6 Å². The van der Waals surface area contributed by atoms with Gasteiger partial charge in [0, 0.05) is 24.5 Å². The summed E-state index contributed by atoms with van der Waals surface area (Å²) in [6.45, 7) is 3.83. The number of carbonyl (C=O) groups is 1. The molecule has 0 aliphatic carbocycles. The third kappa shape index (κ3) is 5.70. The van der Waals surface area contributed by atoms with Gasteiger partial charge < -0.3 is 5.32 Å². The molecule has 0 saturated heterocycles. The van der Waals surface area contributed by atoms with Crippen LogP contribution >= 0.6 is 0 Å². The number of carbonyl (C=O) groups excluding carboxylic acids is 1. The first-order chi connectivity index (χ1) is 13.2. The number of halogens is 1. The Morgan fingerprint density at radius 1 is 1.29 bits per heavy atom. The minimum absolute atomic E-state index is 0.181. The summed E-state index contributed by atoms with van der Waals surface area (Å²) in [5, 5.41) is 7.87. The fraction of sp³-hybridized carbons (Fsp3) is 0.100. The van der Waals surface area contributed by atoms with Gasteiger partial charge in [0.1, 0.15) is 5.82 Å². The lowest BCUT2D eigenvalue weighted by Gasteiger charge is -2.12. The van der Waals surface area contributed by atoms with E-state index in [1.807, 2.05) is 0 Å². The molecule has 0 aliphatic rings. The molecule has 0 aliphatic heterocycles. The van der Waals surface area contributed by atoms with Crippen molar-refractivity contribution in [3.05, 3.63) is 78.1 Å². The van der Waals surface area contributed by atoms with Gasteiger partial charge in [-0.15, -0.1) is 0 Å². The van der Waals surface area contributed by atoms with Gasteiger partial charge in [0.15, 0.2) is 0 Å². The van der Waals surface area contributed by atoms with Gasteiger partial charge in [-0.25, -0.2) is 17.9 Å². The largest absolute Gasteiger partial charge is 0.326 e. The highest BCUT2D eigenvalue weighted by molar-refractivity contribution is 7.89. The van der Waals surface area contributed by atoms with Gasteiger partial charge in [-0.05, 0) is 35.4 Å². The molecular formula is C20H20FN3O3S. The minimum Gasteiger partial charge on any atom is -0.326 e. The van der Waals surface area contributed by atoms with Gasteiger partial charge in [-0.1, -0.05) is 36.9 Å².